The molecule has 2 heterocycles. The first kappa shape index (κ1) is 17.2. The lowest BCUT2D eigenvalue weighted by molar-refractivity contribution is 0.0283. The fourth-order valence-corrected chi connectivity index (χ4v) is 3.33. The van der Waals surface area contributed by atoms with Gasteiger partial charge in [-0.05, 0) is 33.1 Å². The van der Waals surface area contributed by atoms with Gasteiger partial charge in [-0.1, -0.05) is 6.92 Å². The van der Waals surface area contributed by atoms with Crippen LogP contribution in [0.25, 0.3) is 0 Å². The van der Waals surface area contributed by atoms with E-state index >= 15 is 0 Å². The van der Waals surface area contributed by atoms with Crippen LogP contribution in [0.3, 0.4) is 0 Å². The summed E-state index contributed by atoms with van der Waals surface area (Å²) in [5.74, 6) is 0.867. The highest BCUT2D eigenvalue weighted by molar-refractivity contribution is 7.11. The van der Waals surface area contributed by atoms with Crippen LogP contribution in [0.15, 0.2) is 11.2 Å². The van der Waals surface area contributed by atoms with E-state index in [9.17, 15) is 0 Å². The molecule has 0 aliphatic carbocycles. The predicted octanol–water partition coefficient (Wildman–Crippen LogP) is 2.37. The molecule has 0 amide bonds. The lowest BCUT2D eigenvalue weighted by Gasteiger charge is -2.21. The summed E-state index contributed by atoms with van der Waals surface area (Å²) in [5.41, 5.74) is -0.0896. The van der Waals surface area contributed by atoms with E-state index in [0.29, 0.717) is 6.54 Å². The van der Waals surface area contributed by atoms with Gasteiger partial charge in [0, 0.05) is 37.2 Å². The molecule has 2 rings (SSSR count). The van der Waals surface area contributed by atoms with Gasteiger partial charge in [-0.3, -0.25) is 4.99 Å². The highest BCUT2D eigenvalue weighted by atomic mass is 32.1. The minimum atomic E-state index is -0.0896. The zero-order valence-electron chi connectivity index (χ0n) is 13.9. The van der Waals surface area contributed by atoms with Crippen molar-refractivity contribution in [3.8, 4) is 0 Å². The number of aromatic nitrogens is 1. The first-order valence-electron chi connectivity index (χ1n) is 8.25. The molecule has 6 heteroatoms. The third kappa shape index (κ3) is 5.25. The SMILES string of the molecule is CCNC(=NCC1(C)CCCO1)NCCc1ncc(CC)s1. The summed E-state index contributed by atoms with van der Waals surface area (Å²) in [4.78, 5) is 10.5. The first-order chi connectivity index (χ1) is 10.6. The summed E-state index contributed by atoms with van der Waals surface area (Å²) in [7, 11) is 0. The van der Waals surface area contributed by atoms with E-state index in [-0.39, 0.29) is 5.60 Å². The predicted molar refractivity (Wildman–Crippen MR) is 92.8 cm³/mol. The standard InChI is InChI=1S/C16H28N4OS/c1-4-13-11-19-14(22-13)7-9-18-15(17-5-2)20-12-16(3)8-6-10-21-16/h11H,4-10,12H2,1-3H3,(H2,17,18,20). The van der Waals surface area contributed by atoms with Crippen LogP contribution in [0, 0.1) is 0 Å². The Morgan fingerprint density at radius 1 is 1.45 bits per heavy atom. The minimum absolute atomic E-state index is 0.0896. The molecule has 2 N–H and O–H groups in total. The molecule has 0 spiro atoms. The van der Waals surface area contributed by atoms with Crippen LogP contribution in [-0.4, -0.2) is 42.8 Å². The Morgan fingerprint density at radius 3 is 2.95 bits per heavy atom. The second kappa shape index (κ2) is 8.48. The number of rotatable bonds is 7. The number of hydrogen-bond donors (Lipinski definition) is 2. The van der Waals surface area contributed by atoms with E-state index in [1.807, 2.05) is 6.20 Å². The number of ether oxygens (including phenoxy) is 1. The molecule has 1 aromatic heterocycles. The topological polar surface area (TPSA) is 58.5 Å². The van der Waals surface area contributed by atoms with Gasteiger partial charge < -0.3 is 15.4 Å². The molecule has 124 valence electrons. The van der Waals surface area contributed by atoms with E-state index in [1.54, 1.807) is 11.3 Å². The van der Waals surface area contributed by atoms with Crippen molar-refractivity contribution in [3.63, 3.8) is 0 Å². The maximum Gasteiger partial charge on any atom is 0.191 e. The fourth-order valence-electron chi connectivity index (χ4n) is 2.46. The van der Waals surface area contributed by atoms with Crippen LogP contribution in [0.4, 0.5) is 0 Å². The summed E-state index contributed by atoms with van der Waals surface area (Å²) in [6, 6.07) is 0. The number of guanidine groups is 1. The van der Waals surface area contributed by atoms with Gasteiger partial charge in [0.05, 0.1) is 17.2 Å². The molecule has 0 radical (unpaired) electrons. The Labute approximate surface area is 137 Å². The second-order valence-electron chi connectivity index (χ2n) is 5.85. The number of nitrogens with one attached hydrogen (secondary N) is 2. The van der Waals surface area contributed by atoms with Gasteiger partial charge in [-0.25, -0.2) is 4.98 Å². The summed E-state index contributed by atoms with van der Waals surface area (Å²) in [6.45, 7) is 9.67. The third-order valence-corrected chi connectivity index (χ3v) is 5.00. The Morgan fingerprint density at radius 2 is 2.32 bits per heavy atom. The van der Waals surface area contributed by atoms with Crippen LogP contribution >= 0.6 is 11.3 Å². The first-order valence-corrected chi connectivity index (χ1v) is 9.06. The lowest BCUT2D eigenvalue weighted by Crippen LogP contribution is -2.40. The number of thiazole rings is 1. The Balaban J connectivity index is 1.80. The summed E-state index contributed by atoms with van der Waals surface area (Å²) >= 11 is 1.80. The van der Waals surface area contributed by atoms with Crippen LogP contribution in [-0.2, 0) is 17.6 Å². The van der Waals surface area contributed by atoms with Gasteiger partial charge in [0.1, 0.15) is 0 Å². The summed E-state index contributed by atoms with van der Waals surface area (Å²) in [6.07, 6.45) is 6.21. The van der Waals surface area contributed by atoms with Crippen LogP contribution in [0.2, 0.25) is 0 Å². The van der Waals surface area contributed by atoms with Crippen molar-refractivity contribution in [2.24, 2.45) is 4.99 Å². The van der Waals surface area contributed by atoms with Crippen molar-refractivity contribution in [2.75, 3.05) is 26.2 Å². The zero-order valence-corrected chi connectivity index (χ0v) is 14.8. The lowest BCUT2D eigenvalue weighted by atomic mass is 10.0. The molecule has 0 aromatic carbocycles. The quantitative estimate of drug-likeness (QED) is 0.597. The van der Waals surface area contributed by atoms with Crippen molar-refractivity contribution in [2.45, 2.75) is 52.1 Å². The normalized spacial score (nSPS) is 22.0. The number of hydrogen-bond acceptors (Lipinski definition) is 4. The van der Waals surface area contributed by atoms with E-state index in [1.165, 1.54) is 9.88 Å². The van der Waals surface area contributed by atoms with Gasteiger partial charge in [0.25, 0.3) is 0 Å². The van der Waals surface area contributed by atoms with Gasteiger partial charge in [-0.2, -0.15) is 0 Å². The third-order valence-electron chi connectivity index (χ3n) is 3.80. The maximum atomic E-state index is 5.79. The molecule has 22 heavy (non-hydrogen) atoms. The summed E-state index contributed by atoms with van der Waals surface area (Å²) in [5, 5.41) is 7.87. The highest BCUT2D eigenvalue weighted by Crippen LogP contribution is 2.24. The van der Waals surface area contributed by atoms with Crippen LogP contribution < -0.4 is 10.6 Å². The number of aliphatic imine (C=N–C) groups is 1. The average molecular weight is 324 g/mol. The van der Waals surface area contributed by atoms with Crippen molar-refractivity contribution >= 4 is 17.3 Å². The molecule has 1 aromatic rings. The van der Waals surface area contributed by atoms with Gasteiger partial charge in [-0.15, -0.1) is 11.3 Å². The van der Waals surface area contributed by atoms with Gasteiger partial charge >= 0.3 is 0 Å². The largest absolute Gasteiger partial charge is 0.373 e. The van der Waals surface area contributed by atoms with E-state index in [4.69, 9.17) is 4.74 Å². The molecule has 1 unspecified atom stereocenters. The molecule has 1 aliphatic rings. The molecule has 0 bridgehead atoms. The summed E-state index contributed by atoms with van der Waals surface area (Å²) < 4.78 is 5.79. The van der Waals surface area contributed by atoms with Crippen molar-refractivity contribution < 1.29 is 4.74 Å². The number of aryl methyl sites for hydroxylation is 1. The molecule has 1 aliphatic heterocycles. The van der Waals surface area contributed by atoms with E-state index in [2.05, 4.69) is 41.4 Å². The van der Waals surface area contributed by atoms with Crippen molar-refractivity contribution in [3.05, 3.63) is 16.1 Å². The molecule has 1 atom stereocenters. The monoisotopic (exact) mass is 324 g/mol. The molecule has 5 nitrogen and oxygen atoms in total. The van der Waals surface area contributed by atoms with Gasteiger partial charge in [0.15, 0.2) is 5.96 Å². The molecular weight excluding hydrogens is 296 g/mol. The Kier molecular flexibility index (Phi) is 6.64. The second-order valence-corrected chi connectivity index (χ2v) is 7.05. The smallest absolute Gasteiger partial charge is 0.191 e. The zero-order chi connectivity index (χ0) is 15.8. The highest BCUT2D eigenvalue weighted by Gasteiger charge is 2.29. The maximum absolute atomic E-state index is 5.79. The van der Waals surface area contributed by atoms with Crippen molar-refractivity contribution in [1.82, 2.24) is 15.6 Å². The number of nitrogens with zero attached hydrogens (tertiary/aromatic N) is 2. The van der Waals surface area contributed by atoms with E-state index < -0.39 is 0 Å². The van der Waals surface area contributed by atoms with E-state index in [0.717, 1.165) is 51.3 Å². The minimum Gasteiger partial charge on any atom is -0.373 e. The van der Waals surface area contributed by atoms with Gasteiger partial charge in [0.2, 0.25) is 0 Å². The van der Waals surface area contributed by atoms with Crippen molar-refractivity contribution in [1.29, 1.82) is 0 Å². The molecular formula is C16H28N4OS. The van der Waals surface area contributed by atoms with Crippen LogP contribution in [0.5, 0.6) is 0 Å². The van der Waals surface area contributed by atoms with Crippen LogP contribution in [0.1, 0.15) is 43.5 Å². The molecule has 0 saturated carbocycles. The average Bonchev–Trinajstić information content (AvgIpc) is 3.14. The Hall–Kier alpha value is -1.14. The Bertz CT molecular complexity index is 480. The fraction of sp³-hybridized carbons (Fsp3) is 0.750. The molecule has 1 fully saturated rings. The molecule has 1 saturated heterocycles.